The number of amides is 1. The molecule has 0 heterocycles. The normalized spacial score (nSPS) is 10.3. The molecule has 0 aliphatic rings. The Hall–Kier alpha value is -1.75. The van der Waals surface area contributed by atoms with E-state index in [1.807, 2.05) is 13.8 Å². The third kappa shape index (κ3) is 5.18. The Labute approximate surface area is 117 Å². The van der Waals surface area contributed by atoms with E-state index in [2.05, 4.69) is 5.32 Å². The first-order chi connectivity index (χ1) is 8.90. The van der Waals surface area contributed by atoms with Crippen LogP contribution in [-0.4, -0.2) is 24.5 Å². The van der Waals surface area contributed by atoms with Crippen LogP contribution in [0.5, 0.6) is 0 Å². The molecule has 1 amide bonds. The molecule has 0 aliphatic carbocycles. The smallest absolute Gasteiger partial charge is 0.338 e. The summed E-state index contributed by atoms with van der Waals surface area (Å²) in [7, 11) is 0. The second-order valence-electron chi connectivity index (χ2n) is 4.34. The van der Waals surface area contributed by atoms with E-state index in [9.17, 15) is 9.59 Å². The van der Waals surface area contributed by atoms with Gasteiger partial charge in [0, 0.05) is 6.04 Å². The summed E-state index contributed by atoms with van der Waals surface area (Å²) in [5.74, 6) is -0.683. The summed E-state index contributed by atoms with van der Waals surface area (Å²) in [6, 6.07) is 4.56. The lowest BCUT2D eigenvalue weighted by Gasteiger charge is -2.09. The van der Waals surface area contributed by atoms with E-state index in [4.69, 9.17) is 22.1 Å². The monoisotopic (exact) mass is 284 g/mol. The van der Waals surface area contributed by atoms with Crippen LogP contribution in [0.25, 0.3) is 0 Å². The number of rotatable bonds is 5. The molecule has 0 bridgehead atoms. The second-order valence-corrected chi connectivity index (χ2v) is 4.75. The van der Waals surface area contributed by atoms with Crippen LogP contribution in [-0.2, 0) is 9.53 Å². The molecule has 3 N–H and O–H groups in total. The fourth-order valence-electron chi connectivity index (χ4n) is 1.37. The average Bonchev–Trinajstić information content (AvgIpc) is 2.31. The number of benzene rings is 1. The molecule has 0 radical (unpaired) electrons. The van der Waals surface area contributed by atoms with Crippen LogP contribution in [0.3, 0.4) is 0 Å². The Bertz CT molecular complexity index is 475. The second kappa shape index (κ2) is 6.99. The van der Waals surface area contributed by atoms with Gasteiger partial charge in [0.25, 0.3) is 0 Å². The van der Waals surface area contributed by atoms with Crippen LogP contribution in [0, 0.1) is 0 Å². The van der Waals surface area contributed by atoms with Crippen molar-refractivity contribution in [2.24, 2.45) is 0 Å². The van der Waals surface area contributed by atoms with Gasteiger partial charge in [-0.05, 0) is 32.0 Å². The molecule has 0 aromatic heterocycles. The van der Waals surface area contributed by atoms with Crippen molar-refractivity contribution in [2.75, 3.05) is 12.3 Å². The van der Waals surface area contributed by atoms with Crippen LogP contribution in [0.1, 0.15) is 30.6 Å². The lowest BCUT2D eigenvalue weighted by molar-refractivity contribution is -0.122. The number of nitrogens with one attached hydrogen (secondary N) is 1. The molecule has 0 atom stereocenters. The highest BCUT2D eigenvalue weighted by Gasteiger charge is 2.10. The highest BCUT2D eigenvalue weighted by atomic mass is 35.5. The van der Waals surface area contributed by atoms with Crippen molar-refractivity contribution in [2.45, 2.75) is 26.3 Å². The Balaban J connectivity index is 2.43. The molecule has 0 saturated heterocycles. The zero-order valence-electron chi connectivity index (χ0n) is 10.9. The van der Waals surface area contributed by atoms with Crippen molar-refractivity contribution in [3.63, 3.8) is 0 Å². The molecule has 0 fully saturated rings. The van der Waals surface area contributed by atoms with Gasteiger partial charge in [0.2, 0.25) is 5.91 Å². The highest BCUT2D eigenvalue weighted by molar-refractivity contribution is 6.33. The molecule has 5 nitrogen and oxygen atoms in total. The number of nitrogen functional groups attached to an aromatic ring is 1. The first-order valence-corrected chi connectivity index (χ1v) is 6.29. The van der Waals surface area contributed by atoms with Crippen LogP contribution in [0.4, 0.5) is 5.69 Å². The van der Waals surface area contributed by atoms with Crippen LogP contribution in [0.15, 0.2) is 18.2 Å². The van der Waals surface area contributed by atoms with Gasteiger partial charge in [-0.15, -0.1) is 0 Å². The van der Waals surface area contributed by atoms with Crippen LogP contribution >= 0.6 is 11.6 Å². The van der Waals surface area contributed by atoms with Crippen molar-refractivity contribution in [1.82, 2.24) is 5.32 Å². The van der Waals surface area contributed by atoms with Gasteiger partial charge in [0.15, 0.2) is 0 Å². The van der Waals surface area contributed by atoms with Gasteiger partial charge in [-0.3, -0.25) is 4.79 Å². The Morgan fingerprint density at radius 2 is 2.11 bits per heavy atom. The molecule has 0 spiro atoms. The third-order valence-electron chi connectivity index (χ3n) is 2.25. The molecular weight excluding hydrogens is 268 g/mol. The number of carbonyl (C=O) groups excluding carboxylic acids is 2. The number of halogens is 1. The zero-order chi connectivity index (χ0) is 14.4. The molecule has 1 rings (SSSR count). The van der Waals surface area contributed by atoms with Gasteiger partial charge < -0.3 is 15.8 Å². The van der Waals surface area contributed by atoms with Crippen LogP contribution < -0.4 is 11.1 Å². The maximum Gasteiger partial charge on any atom is 0.338 e. The molecule has 0 aliphatic heterocycles. The summed E-state index contributed by atoms with van der Waals surface area (Å²) in [5, 5.41) is 3.00. The number of nitrogens with two attached hydrogens (primary N) is 1. The summed E-state index contributed by atoms with van der Waals surface area (Å²) in [5.41, 5.74) is 6.24. The molecule has 6 heteroatoms. The van der Waals surface area contributed by atoms with Crippen molar-refractivity contribution >= 4 is 29.2 Å². The standard InChI is InChI=1S/C13H17ClN2O3/c1-8(2)16-12(17)5-6-19-13(18)9-3-4-11(15)10(14)7-9/h3-4,7-8H,5-6,15H2,1-2H3,(H,16,17). The topological polar surface area (TPSA) is 81.4 Å². The molecule has 1 aromatic rings. The number of hydrogen-bond donors (Lipinski definition) is 2. The predicted molar refractivity (Wildman–Crippen MR) is 74.0 cm³/mol. The quantitative estimate of drug-likeness (QED) is 0.640. The van der Waals surface area contributed by atoms with E-state index < -0.39 is 5.97 Å². The summed E-state index contributed by atoms with van der Waals surface area (Å²) < 4.78 is 4.98. The molecule has 0 saturated carbocycles. The van der Waals surface area contributed by atoms with Gasteiger partial charge in [-0.25, -0.2) is 4.79 Å². The summed E-state index contributed by atoms with van der Waals surface area (Å²) in [6.45, 7) is 3.75. The fraction of sp³-hybridized carbons (Fsp3) is 0.385. The van der Waals surface area contributed by atoms with E-state index in [1.54, 1.807) is 0 Å². The maximum absolute atomic E-state index is 11.7. The summed E-state index contributed by atoms with van der Waals surface area (Å²) in [4.78, 5) is 23.0. The Kier molecular flexibility index (Phi) is 5.63. The van der Waals surface area contributed by atoms with Crippen molar-refractivity contribution in [3.05, 3.63) is 28.8 Å². The van der Waals surface area contributed by atoms with E-state index in [-0.39, 0.29) is 25.0 Å². The number of carbonyl (C=O) groups is 2. The minimum Gasteiger partial charge on any atom is -0.462 e. The van der Waals surface area contributed by atoms with Gasteiger partial charge in [-0.2, -0.15) is 0 Å². The first kappa shape index (κ1) is 15.3. The average molecular weight is 285 g/mol. The number of hydrogen-bond acceptors (Lipinski definition) is 4. The number of anilines is 1. The van der Waals surface area contributed by atoms with E-state index >= 15 is 0 Å². The summed E-state index contributed by atoms with van der Waals surface area (Å²) in [6.07, 6.45) is 0.132. The van der Waals surface area contributed by atoms with Gasteiger partial charge >= 0.3 is 5.97 Å². The largest absolute Gasteiger partial charge is 0.462 e. The Morgan fingerprint density at radius 1 is 1.42 bits per heavy atom. The molecule has 104 valence electrons. The minimum absolute atomic E-state index is 0.0272. The lowest BCUT2D eigenvalue weighted by atomic mass is 10.2. The van der Waals surface area contributed by atoms with Crippen LogP contribution in [0.2, 0.25) is 5.02 Å². The SMILES string of the molecule is CC(C)NC(=O)CCOC(=O)c1ccc(N)c(Cl)c1. The molecular formula is C13H17ClN2O3. The van der Waals surface area contributed by atoms with Crippen molar-refractivity contribution in [3.8, 4) is 0 Å². The van der Waals surface area contributed by atoms with Gasteiger partial charge in [0.05, 0.1) is 22.7 Å². The molecule has 19 heavy (non-hydrogen) atoms. The first-order valence-electron chi connectivity index (χ1n) is 5.91. The number of ether oxygens (including phenoxy) is 1. The molecule has 1 aromatic carbocycles. The summed E-state index contributed by atoms with van der Waals surface area (Å²) >= 11 is 5.80. The van der Waals surface area contributed by atoms with E-state index in [1.165, 1.54) is 18.2 Å². The Morgan fingerprint density at radius 3 is 2.68 bits per heavy atom. The highest BCUT2D eigenvalue weighted by Crippen LogP contribution is 2.20. The van der Waals surface area contributed by atoms with Crippen molar-refractivity contribution < 1.29 is 14.3 Å². The lowest BCUT2D eigenvalue weighted by Crippen LogP contribution is -2.31. The molecule has 0 unspecified atom stereocenters. The third-order valence-corrected chi connectivity index (χ3v) is 2.58. The maximum atomic E-state index is 11.7. The van der Waals surface area contributed by atoms with E-state index in [0.717, 1.165) is 0 Å². The number of esters is 1. The van der Waals surface area contributed by atoms with E-state index in [0.29, 0.717) is 16.3 Å². The zero-order valence-corrected chi connectivity index (χ0v) is 11.7. The fourth-order valence-corrected chi connectivity index (χ4v) is 1.55. The van der Waals surface area contributed by atoms with Gasteiger partial charge in [0.1, 0.15) is 6.61 Å². The van der Waals surface area contributed by atoms with Crippen molar-refractivity contribution in [1.29, 1.82) is 0 Å². The van der Waals surface area contributed by atoms with Gasteiger partial charge in [-0.1, -0.05) is 11.6 Å². The minimum atomic E-state index is -0.528. The predicted octanol–water partition coefficient (Wildman–Crippen LogP) is 1.99.